The second kappa shape index (κ2) is 4.91. The van der Waals surface area contributed by atoms with Gasteiger partial charge in [-0.15, -0.1) is 0 Å². The van der Waals surface area contributed by atoms with Gasteiger partial charge in [-0.25, -0.2) is 4.79 Å². The number of aromatic nitrogens is 1. The van der Waals surface area contributed by atoms with Crippen LogP contribution in [-0.2, 0) is 9.53 Å². The van der Waals surface area contributed by atoms with Crippen LogP contribution in [0.3, 0.4) is 0 Å². The molecule has 0 aliphatic carbocycles. The molecule has 18 heavy (non-hydrogen) atoms. The molecule has 0 amide bonds. The molecule has 0 aliphatic rings. The van der Waals surface area contributed by atoms with Gasteiger partial charge < -0.3 is 15.0 Å². The van der Waals surface area contributed by atoms with Crippen molar-refractivity contribution < 1.29 is 9.53 Å². The number of benzene rings is 1. The third-order valence-corrected chi connectivity index (χ3v) is 2.68. The van der Waals surface area contributed by atoms with Crippen molar-refractivity contribution in [1.82, 2.24) is 4.98 Å². The number of esters is 1. The van der Waals surface area contributed by atoms with Gasteiger partial charge in [-0.05, 0) is 13.0 Å². The number of carbonyl (C=O) groups excluding carboxylic acids is 1. The number of aromatic amines is 1. The van der Waals surface area contributed by atoms with E-state index in [-0.39, 0.29) is 11.5 Å². The predicted molar refractivity (Wildman–Crippen MR) is 69.7 cm³/mol. The molecule has 0 unspecified atom stereocenters. The zero-order chi connectivity index (χ0) is 13.1. The fourth-order valence-electron chi connectivity index (χ4n) is 1.79. The number of rotatable bonds is 3. The van der Waals surface area contributed by atoms with Crippen molar-refractivity contribution in [2.45, 2.75) is 13.0 Å². The van der Waals surface area contributed by atoms with Crippen molar-refractivity contribution in [2.24, 2.45) is 0 Å². The Labute approximate surface area is 104 Å². The van der Waals surface area contributed by atoms with Crippen LogP contribution < -0.4 is 10.9 Å². The minimum Gasteiger partial charge on any atom is -0.467 e. The summed E-state index contributed by atoms with van der Waals surface area (Å²) in [5.41, 5.74) is 1.13. The summed E-state index contributed by atoms with van der Waals surface area (Å²) in [6.45, 7) is 1.68. The second-order valence-electron chi connectivity index (χ2n) is 3.98. The molecule has 5 heteroatoms. The van der Waals surface area contributed by atoms with Crippen LogP contribution in [0.25, 0.3) is 10.9 Å². The van der Waals surface area contributed by atoms with Crippen LogP contribution >= 0.6 is 0 Å². The third-order valence-electron chi connectivity index (χ3n) is 2.68. The maximum Gasteiger partial charge on any atom is 0.327 e. The topological polar surface area (TPSA) is 71.2 Å². The standard InChI is InChI=1S/C13H14N2O3/c1-8(13(17)18-2)14-11-7-12(16)15-10-6-4-3-5-9(10)11/h3-8H,1-2H3,(H2,14,15,16)/t8-/m0/s1. The Hall–Kier alpha value is -2.30. The smallest absolute Gasteiger partial charge is 0.327 e. The lowest BCUT2D eigenvalue weighted by molar-refractivity contribution is -0.141. The van der Waals surface area contributed by atoms with Crippen LogP contribution in [0.4, 0.5) is 5.69 Å². The summed E-state index contributed by atoms with van der Waals surface area (Å²) in [5, 5.41) is 3.84. The summed E-state index contributed by atoms with van der Waals surface area (Å²) < 4.78 is 4.64. The largest absolute Gasteiger partial charge is 0.467 e. The first-order valence-corrected chi connectivity index (χ1v) is 5.58. The number of methoxy groups -OCH3 is 1. The van der Waals surface area contributed by atoms with E-state index in [1.165, 1.54) is 13.2 Å². The van der Waals surface area contributed by atoms with Gasteiger partial charge in [0.2, 0.25) is 5.56 Å². The molecule has 1 aromatic carbocycles. The van der Waals surface area contributed by atoms with E-state index >= 15 is 0 Å². The molecule has 1 heterocycles. The summed E-state index contributed by atoms with van der Waals surface area (Å²) in [6.07, 6.45) is 0. The fourth-order valence-corrected chi connectivity index (χ4v) is 1.79. The Morgan fingerprint density at radius 3 is 2.83 bits per heavy atom. The van der Waals surface area contributed by atoms with Crippen molar-refractivity contribution in [2.75, 3.05) is 12.4 Å². The number of H-pyrrole nitrogens is 1. The van der Waals surface area contributed by atoms with Gasteiger partial charge in [-0.3, -0.25) is 4.79 Å². The number of pyridine rings is 1. The van der Waals surface area contributed by atoms with Gasteiger partial charge in [-0.2, -0.15) is 0 Å². The summed E-state index contributed by atoms with van der Waals surface area (Å²) in [4.78, 5) is 25.6. The van der Waals surface area contributed by atoms with Crippen LogP contribution in [0.15, 0.2) is 35.1 Å². The molecule has 0 saturated carbocycles. The minimum absolute atomic E-state index is 0.215. The molecule has 2 N–H and O–H groups in total. The predicted octanol–water partition coefficient (Wildman–Crippen LogP) is 1.50. The highest BCUT2D eigenvalue weighted by atomic mass is 16.5. The average molecular weight is 246 g/mol. The molecule has 2 aromatic rings. The summed E-state index contributed by atoms with van der Waals surface area (Å²) in [5.74, 6) is -0.376. The Morgan fingerprint density at radius 2 is 2.11 bits per heavy atom. The summed E-state index contributed by atoms with van der Waals surface area (Å²) in [6, 6.07) is 8.31. The van der Waals surface area contributed by atoms with Crippen LogP contribution in [0.1, 0.15) is 6.92 Å². The van der Waals surface area contributed by atoms with E-state index in [2.05, 4.69) is 15.0 Å². The highest BCUT2D eigenvalue weighted by Crippen LogP contribution is 2.20. The molecule has 0 radical (unpaired) electrons. The second-order valence-corrected chi connectivity index (χ2v) is 3.98. The molecule has 0 aliphatic heterocycles. The SMILES string of the molecule is COC(=O)[C@H](C)Nc1cc(=O)[nH]c2ccccc12. The first-order chi connectivity index (χ1) is 8.61. The van der Waals surface area contributed by atoms with E-state index in [9.17, 15) is 9.59 Å². The molecule has 5 nitrogen and oxygen atoms in total. The van der Waals surface area contributed by atoms with Gasteiger partial charge in [-0.1, -0.05) is 18.2 Å². The molecule has 1 aromatic heterocycles. The zero-order valence-corrected chi connectivity index (χ0v) is 10.2. The number of hydrogen-bond acceptors (Lipinski definition) is 4. The Morgan fingerprint density at radius 1 is 1.39 bits per heavy atom. The van der Waals surface area contributed by atoms with Gasteiger partial charge in [0.1, 0.15) is 6.04 Å². The molecule has 0 bridgehead atoms. The molecule has 0 spiro atoms. The highest BCUT2D eigenvalue weighted by molar-refractivity contribution is 5.92. The van der Waals surface area contributed by atoms with Crippen molar-refractivity contribution >= 4 is 22.6 Å². The molecule has 0 saturated heterocycles. The Kier molecular flexibility index (Phi) is 3.32. The number of carbonyl (C=O) groups is 1. The number of anilines is 1. The van der Waals surface area contributed by atoms with E-state index < -0.39 is 6.04 Å². The highest BCUT2D eigenvalue weighted by Gasteiger charge is 2.14. The molecule has 0 fully saturated rings. The number of hydrogen-bond donors (Lipinski definition) is 2. The third kappa shape index (κ3) is 2.34. The normalized spacial score (nSPS) is 12.1. The van der Waals surface area contributed by atoms with E-state index in [1.54, 1.807) is 6.92 Å². The first kappa shape index (κ1) is 12.2. The summed E-state index contributed by atoms with van der Waals surface area (Å²) in [7, 11) is 1.33. The number of nitrogens with one attached hydrogen (secondary N) is 2. The number of fused-ring (bicyclic) bond motifs is 1. The lowest BCUT2D eigenvalue weighted by atomic mass is 10.1. The van der Waals surface area contributed by atoms with Gasteiger partial charge in [0.25, 0.3) is 0 Å². The van der Waals surface area contributed by atoms with Crippen LogP contribution in [0.2, 0.25) is 0 Å². The van der Waals surface area contributed by atoms with Gasteiger partial charge in [0.15, 0.2) is 0 Å². The maximum atomic E-state index is 11.5. The van der Waals surface area contributed by atoms with Crippen LogP contribution in [0.5, 0.6) is 0 Å². The van der Waals surface area contributed by atoms with Crippen LogP contribution in [0, 0.1) is 0 Å². The quantitative estimate of drug-likeness (QED) is 0.805. The Bertz CT molecular complexity index is 633. The lowest BCUT2D eigenvalue weighted by Gasteiger charge is -2.14. The van der Waals surface area contributed by atoms with Gasteiger partial charge in [0, 0.05) is 17.1 Å². The van der Waals surface area contributed by atoms with E-state index in [1.807, 2.05) is 24.3 Å². The molecular weight excluding hydrogens is 232 g/mol. The maximum absolute atomic E-state index is 11.5. The van der Waals surface area contributed by atoms with Crippen molar-refractivity contribution in [3.63, 3.8) is 0 Å². The first-order valence-electron chi connectivity index (χ1n) is 5.58. The Balaban J connectivity index is 2.44. The van der Waals surface area contributed by atoms with Gasteiger partial charge in [0.05, 0.1) is 12.6 Å². The van der Waals surface area contributed by atoms with Gasteiger partial charge >= 0.3 is 5.97 Å². The minimum atomic E-state index is -0.514. The molecular formula is C13H14N2O3. The van der Waals surface area contributed by atoms with E-state index in [4.69, 9.17) is 0 Å². The number of ether oxygens (including phenoxy) is 1. The van der Waals surface area contributed by atoms with Crippen molar-refractivity contribution in [3.8, 4) is 0 Å². The monoisotopic (exact) mass is 246 g/mol. The van der Waals surface area contributed by atoms with E-state index in [0.29, 0.717) is 5.69 Å². The molecule has 94 valence electrons. The summed E-state index contributed by atoms with van der Waals surface area (Å²) >= 11 is 0. The molecule has 1 atom stereocenters. The van der Waals surface area contributed by atoms with Crippen molar-refractivity contribution in [1.29, 1.82) is 0 Å². The lowest BCUT2D eigenvalue weighted by Crippen LogP contribution is -2.27. The fraction of sp³-hybridized carbons (Fsp3) is 0.231. The number of para-hydroxylation sites is 1. The zero-order valence-electron chi connectivity index (χ0n) is 10.2. The van der Waals surface area contributed by atoms with Crippen molar-refractivity contribution in [3.05, 3.63) is 40.7 Å². The van der Waals surface area contributed by atoms with E-state index in [0.717, 1.165) is 10.9 Å². The molecule has 2 rings (SSSR count). The van der Waals surface area contributed by atoms with Crippen LogP contribution in [-0.4, -0.2) is 24.1 Å². The average Bonchev–Trinajstić information content (AvgIpc) is 2.37.